The van der Waals surface area contributed by atoms with Crippen LogP contribution in [0.25, 0.3) is 22.8 Å². The monoisotopic (exact) mass is 353 g/mol. The smallest absolute Gasteiger partial charge is 0.257 e. The van der Waals surface area contributed by atoms with Crippen molar-refractivity contribution in [2.24, 2.45) is 0 Å². The van der Waals surface area contributed by atoms with Gasteiger partial charge >= 0.3 is 0 Å². The molecule has 4 heterocycles. The lowest BCUT2D eigenvalue weighted by Crippen LogP contribution is -2.04. The van der Waals surface area contributed by atoms with Crippen molar-refractivity contribution >= 4 is 46.3 Å². The van der Waals surface area contributed by atoms with Crippen molar-refractivity contribution < 1.29 is 4.79 Å². The summed E-state index contributed by atoms with van der Waals surface area (Å²) in [5.74, 6) is 0.456. The first-order valence-corrected chi connectivity index (χ1v) is 8.52. The van der Waals surface area contributed by atoms with Gasteiger partial charge in [-0.2, -0.15) is 0 Å². The number of hydrogen-bond acceptors (Lipinski definition) is 4. The summed E-state index contributed by atoms with van der Waals surface area (Å²) in [7, 11) is 0. The Balaban J connectivity index is 1.86. The van der Waals surface area contributed by atoms with Crippen LogP contribution in [0.3, 0.4) is 0 Å². The van der Waals surface area contributed by atoms with Crippen LogP contribution in [0.15, 0.2) is 42.7 Å². The number of rotatable bonds is 2. The lowest BCUT2D eigenvalue weighted by Gasteiger charge is -2.08. The number of aromatic nitrogens is 2. The molecule has 0 spiro atoms. The number of hydrogen-bond donors (Lipinski definition) is 1. The Bertz CT molecular complexity index is 979. The average molecular weight is 354 g/mol. The summed E-state index contributed by atoms with van der Waals surface area (Å²) in [5.41, 5.74) is 4.28. The van der Waals surface area contributed by atoms with E-state index in [0.717, 1.165) is 27.3 Å². The zero-order valence-electron chi connectivity index (χ0n) is 12.7. The molecule has 0 saturated carbocycles. The highest BCUT2D eigenvalue weighted by molar-refractivity contribution is 7.17. The minimum absolute atomic E-state index is 0.145. The molecule has 1 aliphatic rings. The molecule has 0 unspecified atom stereocenters. The normalized spacial score (nSPS) is 14.8. The van der Waals surface area contributed by atoms with Crippen LogP contribution >= 0.6 is 22.9 Å². The first kappa shape index (κ1) is 15.1. The van der Waals surface area contributed by atoms with E-state index < -0.39 is 0 Å². The first-order valence-electron chi connectivity index (χ1n) is 7.32. The lowest BCUT2D eigenvalue weighted by molar-refractivity contribution is -0.110. The van der Waals surface area contributed by atoms with Crippen LogP contribution in [0.5, 0.6) is 0 Å². The molecule has 0 aliphatic carbocycles. The van der Waals surface area contributed by atoms with E-state index in [1.165, 1.54) is 11.3 Å². The molecular weight excluding hydrogens is 342 g/mol. The van der Waals surface area contributed by atoms with Gasteiger partial charge in [0.15, 0.2) is 0 Å². The van der Waals surface area contributed by atoms with Gasteiger partial charge in [-0.05, 0) is 48.9 Å². The van der Waals surface area contributed by atoms with Crippen molar-refractivity contribution in [2.75, 3.05) is 5.32 Å². The van der Waals surface area contributed by atoms with Crippen molar-refractivity contribution in [1.29, 1.82) is 0 Å². The Kier molecular flexibility index (Phi) is 3.67. The molecule has 1 amide bonds. The van der Waals surface area contributed by atoms with Crippen molar-refractivity contribution in [2.45, 2.75) is 6.92 Å². The summed E-state index contributed by atoms with van der Waals surface area (Å²) in [4.78, 5) is 21.9. The van der Waals surface area contributed by atoms with E-state index in [9.17, 15) is 4.79 Å². The van der Waals surface area contributed by atoms with Gasteiger partial charge in [0.25, 0.3) is 5.91 Å². The maximum Gasteiger partial charge on any atom is 0.257 e. The zero-order valence-corrected chi connectivity index (χ0v) is 14.3. The number of anilines is 1. The van der Waals surface area contributed by atoms with E-state index in [4.69, 9.17) is 11.6 Å². The van der Waals surface area contributed by atoms with Crippen LogP contribution in [0.1, 0.15) is 16.1 Å². The molecule has 0 atom stereocenters. The summed E-state index contributed by atoms with van der Waals surface area (Å²) < 4.78 is 0.694. The van der Waals surface area contributed by atoms with Crippen molar-refractivity contribution in [1.82, 2.24) is 9.97 Å². The Morgan fingerprint density at radius 3 is 2.67 bits per heavy atom. The molecule has 3 aromatic heterocycles. The predicted octanol–water partition coefficient (Wildman–Crippen LogP) is 4.66. The van der Waals surface area contributed by atoms with Crippen LogP contribution in [-0.2, 0) is 4.79 Å². The molecule has 0 saturated heterocycles. The minimum Gasteiger partial charge on any atom is -0.306 e. The molecule has 6 heteroatoms. The largest absolute Gasteiger partial charge is 0.306 e. The van der Waals surface area contributed by atoms with Crippen LogP contribution in [-0.4, -0.2) is 15.9 Å². The van der Waals surface area contributed by atoms with Crippen molar-refractivity contribution in [3.05, 3.63) is 63.2 Å². The quantitative estimate of drug-likeness (QED) is 0.682. The Labute approximate surface area is 147 Å². The molecule has 3 aromatic rings. The molecule has 0 bridgehead atoms. The van der Waals surface area contributed by atoms with E-state index >= 15 is 0 Å². The van der Waals surface area contributed by atoms with Gasteiger partial charge in [-0.3, -0.25) is 9.78 Å². The lowest BCUT2D eigenvalue weighted by atomic mass is 10.0. The number of thiophene rings is 1. The van der Waals surface area contributed by atoms with Crippen LogP contribution in [0.2, 0.25) is 4.34 Å². The first-order chi connectivity index (χ1) is 11.6. The third-order valence-corrected chi connectivity index (χ3v) is 5.03. The van der Waals surface area contributed by atoms with E-state index in [1.807, 2.05) is 43.3 Å². The van der Waals surface area contributed by atoms with Crippen molar-refractivity contribution in [3.63, 3.8) is 0 Å². The van der Waals surface area contributed by atoms with Crippen molar-refractivity contribution in [3.8, 4) is 11.1 Å². The topological polar surface area (TPSA) is 54.9 Å². The van der Waals surface area contributed by atoms with Gasteiger partial charge in [0.1, 0.15) is 5.82 Å². The fourth-order valence-electron chi connectivity index (χ4n) is 2.72. The molecule has 4 nitrogen and oxygen atoms in total. The summed E-state index contributed by atoms with van der Waals surface area (Å²) >= 11 is 7.41. The third kappa shape index (κ3) is 2.62. The Morgan fingerprint density at radius 2 is 1.96 bits per heavy atom. The fraction of sp³-hybridized carbons (Fsp3) is 0.0556. The van der Waals surface area contributed by atoms with E-state index in [1.54, 1.807) is 12.4 Å². The molecule has 4 rings (SSSR count). The molecule has 1 N–H and O–H groups in total. The predicted molar refractivity (Wildman–Crippen MR) is 98.0 cm³/mol. The second-order valence-electron chi connectivity index (χ2n) is 5.41. The number of amides is 1. The summed E-state index contributed by atoms with van der Waals surface area (Å²) in [6, 6.07) is 9.59. The number of carbonyl (C=O) groups is 1. The molecule has 0 aromatic carbocycles. The second-order valence-corrected chi connectivity index (χ2v) is 7.15. The summed E-state index contributed by atoms with van der Waals surface area (Å²) in [5, 5.41) is 2.83. The van der Waals surface area contributed by atoms with E-state index in [2.05, 4.69) is 15.3 Å². The highest BCUT2D eigenvalue weighted by Crippen LogP contribution is 2.37. The maximum atomic E-state index is 12.3. The number of nitrogens with one attached hydrogen (secondary N) is 1. The molecular formula is C18H12ClN3OS. The standard InChI is InChI=1S/C18H12ClN3OS/c1-10-13(11-4-6-20-7-5-11)9-14-15(18(23)22-17(14)21-10)8-12-2-3-16(19)24-12/h2-9H,1H3,(H,21,22,23). The highest BCUT2D eigenvalue weighted by atomic mass is 35.5. The third-order valence-electron chi connectivity index (χ3n) is 3.85. The van der Waals surface area contributed by atoms with Gasteiger partial charge in [0, 0.05) is 34.1 Å². The maximum absolute atomic E-state index is 12.3. The summed E-state index contributed by atoms with van der Waals surface area (Å²) in [6.07, 6.45) is 5.34. The van der Waals surface area contributed by atoms with Crippen LogP contribution < -0.4 is 5.32 Å². The van der Waals surface area contributed by atoms with Crippen LogP contribution in [0, 0.1) is 6.92 Å². The second kappa shape index (κ2) is 5.85. The minimum atomic E-state index is -0.145. The van der Waals surface area contributed by atoms with Gasteiger partial charge in [-0.25, -0.2) is 4.98 Å². The van der Waals surface area contributed by atoms with E-state index in [-0.39, 0.29) is 5.91 Å². The van der Waals surface area contributed by atoms with Gasteiger partial charge in [-0.1, -0.05) is 11.6 Å². The van der Waals surface area contributed by atoms with Gasteiger partial charge in [-0.15, -0.1) is 11.3 Å². The molecule has 0 radical (unpaired) electrons. The zero-order chi connectivity index (χ0) is 16.7. The highest BCUT2D eigenvalue weighted by Gasteiger charge is 2.27. The number of carbonyl (C=O) groups excluding carboxylic acids is 1. The van der Waals surface area contributed by atoms with Gasteiger partial charge in [0.2, 0.25) is 0 Å². The Hall–Kier alpha value is -2.50. The molecule has 24 heavy (non-hydrogen) atoms. The van der Waals surface area contributed by atoms with E-state index in [0.29, 0.717) is 15.7 Å². The van der Waals surface area contributed by atoms with Crippen LogP contribution in [0.4, 0.5) is 5.82 Å². The van der Waals surface area contributed by atoms with Gasteiger partial charge in [0.05, 0.1) is 9.91 Å². The average Bonchev–Trinajstić information content (AvgIpc) is 3.11. The number of halogens is 1. The number of fused-ring (bicyclic) bond motifs is 1. The SMILES string of the molecule is Cc1nc2c(cc1-c1ccncc1)C(=Cc1ccc(Cl)s1)C(=O)N2. The fourth-order valence-corrected chi connectivity index (χ4v) is 3.72. The number of pyridine rings is 2. The summed E-state index contributed by atoms with van der Waals surface area (Å²) in [6.45, 7) is 1.93. The molecule has 1 aliphatic heterocycles. The number of aryl methyl sites for hydroxylation is 1. The van der Waals surface area contributed by atoms with Gasteiger partial charge < -0.3 is 5.32 Å². The molecule has 0 fully saturated rings. The number of nitrogens with zero attached hydrogens (tertiary/aromatic N) is 2. The molecule has 118 valence electrons. The Morgan fingerprint density at radius 1 is 1.17 bits per heavy atom.